The molecule has 3 N–H and O–H groups in total. The van der Waals surface area contributed by atoms with Crippen molar-refractivity contribution in [1.82, 2.24) is 10.6 Å². The number of amides is 3. The van der Waals surface area contributed by atoms with Gasteiger partial charge in [-0.2, -0.15) is 0 Å². The topological polar surface area (TPSA) is 130 Å². The van der Waals surface area contributed by atoms with Crippen molar-refractivity contribution in [2.24, 2.45) is 0 Å². The van der Waals surface area contributed by atoms with Gasteiger partial charge >= 0.3 is 0 Å². The van der Waals surface area contributed by atoms with Crippen LogP contribution in [0.25, 0.3) is 0 Å². The Bertz CT molecular complexity index is 948. The van der Waals surface area contributed by atoms with Crippen LogP contribution in [0.5, 0.6) is 0 Å². The van der Waals surface area contributed by atoms with E-state index in [2.05, 4.69) is 16.0 Å². The van der Waals surface area contributed by atoms with Crippen LogP contribution in [0.4, 0.5) is 11.4 Å². The molecule has 0 unspecified atom stereocenters. The van der Waals surface area contributed by atoms with Crippen molar-refractivity contribution in [2.45, 2.75) is 13.3 Å². The average Bonchev–Trinajstić information content (AvgIpc) is 2.70. The molecule has 0 heterocycles. The molecule has 2 aromatic carbocycles. The Balaban J connectivity index is 2.12. The van der Waals surface area contributed by atoms with Gasteiger partial charge in [0.05, 0.1) is 33.3 Å². The van der Waals surface area contributed by atoms with Gasteiger partial charge in [0.2, 0.25) is 5.91 Å². The molecule has 152 valence electrons. The van der Waals surface area contributed by atoms with Gasteiger partial charge in [0.1, 0.15) is 0 Å². The SMILES string of the molecule is CCCNC(=O)CNC(=O)c1ccccc1NC(=O)c1ccc([N+](=O)[O-])cc1Cl. The van der Waals surface area contributed by atoms with Crippen LogP contribution in [-0.2, 0) is 4.79 Å². The van der Waals surface area contributed by atoms with Crippen LogP contribution in [0.3, 0.4) is 0 Å². The summed E-state index contributed by atoms with van der Waals surface area (Å²) in [5.41, 5.74) is 0.139. The summed E-state index contributed by atoms with van der Waals surface area (Å²) >= 11 is 5.97. The lowest BCUT2D eigenvalue weighted by Crippen LogP contribution is -2.37. The lowest BCUT2D eigenvalue weighted by Gasteiger charge is -2.12. The number of nitrogens with zero attached hydrogens (tertiary/aromatic N) is 1. The summed E-state index contributed by atoms with van der Waals surface area (Å²) in [5.74, 6) is -1.49. The van der Waals surface area contributed by atoms with Gasteiger partial charge in [0, 0.05) is 18.7 Å². The molecule has 0 fully saturated rings. The number of carbonyl (C=O) groups excluding carboxylic acids is 3. The van der Waals surface area contributed by atoms with Gasteiger partial charge in [-0.3, -0.25) is 24.5 Å². The molecule has 0 spiro atoms. The Morgan fingerprint density at radius 1 is 1.03 bits per heavy atom. The first-order valence-corrected chi connectivity index (χ1v) is 9.10. The zero-order valence-corrected chi connectivity index (χ0v) is 16.3. The molecule has 0 aromatic heterocycles. The highest BCUT2D eigenvalue weighted by Gasteiger charge is 2.18. The van der Waals surface area contributed by atoms with Crippen molar-refractivity contribution in [2.75, 3.05) is 18.4 Å². The third kappa shape index (κ3) is 6.01. The van der Waals surface area contributed by atoms with Gasteiger partial charge in [-0.15, -0.1) is 0 Å². The summed E-state index contributed by atoms with van der Waals surface area (Å²) in [6.45, 7) is 2.22. The maximum atomic E-state index is 12.5. The molecule has 0 aliphatic rings. The van der Waals surface area contributed by atoms with Gasteiger partial charge < -0.3 is 16.0 Å². The molecule has 0 atom stereocenters. The van der Waals surface area contributed by atoms with Crippen molar-refractivity contribution < 1.29 is 19.3 Å². The van der Waals surface area contributed by atoms with E-state index < -0.39 is 16.7 Å². The van der Waals surface area contributed by atoms with Crippen LogP contribution in [0.2, 0.25) is 5.02 Å². The number of anilines is 1. The molecule has 2 rings (SSSR count). The zero-order valence-electron chi connectivity index (χ0n) is 15.5. The molecule has 0 radical (unpaired) electrons. The minimum Gasteiger partial charge on any atom is -0.355 e. The standard InChI is InChI=1S/C19H19ClN4O5/c1-2-9-21-17(25)11-22-18(26)14-5-3-4-6-16(14)23-19(27)13-8-7-12(24(28)29)10-15(13)20/h3-8,10H,2,9,11H2,1H3,(H,21,25)(H,22,26)(H,23,27). The normalized spacial score (nSPS) is 10.1. The first-order valence-electron chi connectivity index (χ1n) is 8.72. The molecular formula is C19H19ClN4O5. The molecule has 0 bridgehead atoms. The number of rotatable bonds is 8. The zero-order chi connectivity index (χ0) is 21.4. The van der Waals surface area contributed by atoms with E-state index in [1.165, 1.54) is 18.2 Å². The van der Waals surface area contributed by atoms with Gasteiger partial charge in [-0.1, -0.05) is 30.7 Å². The van der Waals surface area contributed by atoms with E-state index in [4.69, 9.17) is 11.6 Å². The Hall–Kier alpha value is -3.46. The largest absolute Gasteiger partial charge is 0.355 e. The van der Waals surface area contributed by atoms with Crippen LogP contribution >= 0.6 is 11.6 Å². The third-order valence-electron chi connectivity index (χ3n) is 3.81. The van der Waals surface area contributed by atoms with Crippen LogP contribution in [0.1, 0.15) is 34.1 Å². The number of nitro groups is 1. The second-order valence-corrected chi connectivity index (χ2v) is 6.36. The van der Waals surface area contributed by atoms with Crippen LogP contribution in [0.15, 0.2) is 42.5 Å². The number of hydrogen-bond donors (Lipinski definition) is 3. The number of non-ortho nitro benzene ring substituents is 1. The van der Waals surface area contributed by atoms with Crippen molar-refractivity contribution >= 4 is 40.7 Å². The Morgan fingerprint density at radius 3 is 2.41 bits per heavy atom. The van der Waals surface area contributed by atoms with Gasteiger partial charge in [0.25, 0.3) is 17.5 Å². The second kappa shape index (κ2) is 10.2. The minimum atomic E-state index is -0.633. The Labute approximate surface area is 171 Å². The smallest absolute Gasteiger partial charge is 0.270 e. The number of benzene rings is 2. The Kier molecular flexibility index (Phi) is 7.67. The number of halogens is 1. The maximum Gasteiger partial charge on any atom is 0.270 e. The van der Waals surface area contributed by atoms with Crippen molar-refractivity contribution in [3.05, 3.63) is 68.7 Å². The molecular weight excluding hydrogens is 400 g/mol. The summed E-state index contributed by atoms with van der Waals surface area (Å²) < 4.78 is 0. The van der Waals surface area contributed by atoms with E-state index in [9.17, 15) is 24.5 Å². The van der Waals surface area contributed by atoms with E-state index >= 15 is 0 Å². The van der Waals surface area contributed by atoms with Crippen molar-refractivity contribution in [3.63, 3.8) is 0 Å². The summed E-state index contributed by atoms with van der Waals surface area (Å²) in [7, 11) is 0. The molecule has 0 aliphatic heterocycles. The number of hydrogen-bond acceptors (Lipinski definition) is 5. The fourth-order valence-corrected chi connectivity index (χ4v) is 2.62. The fraction of sp³-hybridized carbons (Fsp3) is 0.211. The summed E-state index contributed by atoms with van der Waals surface area (Å²) in [4.78, 5) is 46.7. The lowest BCUT2D eigenvalue weighted by atomic mass is 10.1. The summed E-state index contributed by atoms with van der Waals surface area (Å²) in [5, 5.41) is 18.4. The highest BCUT2D eigenvalue weighted by molar-refractivity contribution is 6.34. The third-order valence-corrected chi connectivity index (χ3v) is 4.12. The summed E-state index contributed by atoms with van der Waals surface area (Å²) in [6.07, 6.45) is 0.778. The first-order chi connectivity index (χ1) is 13.8. The predicted octanol–water partition coefficient (Wildman–Crippen LogP) is 2.76. The number of para-hydroxylation sites is 1. The molecule has 0 saturated carbocycles. The average molecular weight is 419 g/mol. The molecule has 0 saturated heterocycles. The predicted molar refractivity (Wildman–Crippen MR) is 108 cm³/mol. The lowest BCUT2D eigenvalue weighted by molar-refractivity contribution is -0.384. The highest BCUT2D eigenvalue weighted by Crippen LogP contribution is 2.24. The molecule has 29 heavy (non-hydrogen) atoms. The molecule has 10 heteroatoms. The Morgan fingerprint density at radius 2 is 1.76 bits per heavy atom. The number of nitrogens with one attached hydrogen (secondary N) is 3. The maximum absolute atomic E-state index is 12.5. The van der Waals surface area contributed by atoms with E-state index in [0.29, 0.717) is 6.54 Å². The number of carbonyl (C=O) groups is 3. The van der Waals surface area contributed by atoms with E-state index in [-0.39, 0.29) is 40.0 Å². The highest BCUT2D eigenvalue weighted by atomic mass is 35.5. The second-order valence-electron chi connectivity index (χ2n) is 5.95. The van der Waals surface area contributed by atoms with Crippen LogP contribution < -0.4 is 16.0 Å². The van der Waals surface area contributed by atoms with Crippen molar-refractivity contribution in [3.8, 4) is 0 Å². The fourth-order valence-electron chi connectivity index (χ4n) is 2.36. The van der Waals surface area contributed by atoms with Gasteiger partial charge in [0.15, 0.2) is 0 Å². The van der Waals surface area contributed by atoms with Gasteiger partial charge in [-0.25, -0.2) is 0 Å². The molecule has 9 nitrogen and oxygen atoms in total. The number of nitro benzene ring substituents is 1. The van der Waals surface area contributed by atoms with E-state index in [1.807, 2.05) is 6.92 Å². The monoisotopic (exact) mass is 418 g/mol. The van der Waals surface area contributed by atoms with Crippen LogP contribution in [0, 0.1) is 10.1 Å². The molecule has 3 amide bonds. The minimum absolute atomic E-state index is 0.0198. The first kappa shape index (κ1) is 21.8. The van der Waals surface area contributed by atoms with Crippen LogP contribution in [-0.4, -0.2) is 35.7 Å². The van der Waals surface area contributed by atoms with E-state index in [1.54, 1.807) is 12.1 Å². The quantitative estimate of drug-likeness (QED) is 0.448. The van der Waals surface area contributed by atoms with Crippen molar-refractivity contribution in [1.29, 1.82) is 0 Å². The summed E-state index contributed by atoms with van der Waals surface area (Å²) in [6, 6.07) is 9.71. The molecule has 2 aromatic rings. The van der Waals surface area contributed by atoms with Gasteiger partial charge in [-0.05, 0) is 24.6 Å². The molecule has 0 aliphatic carbocycles. The van der Waals surface area contributed by atoms with E-state index in [0.717, 1.165) is 18.6 Å².